The van der Waals surface area contributed by atoms with Crippen LogP contribution in [-0.4, -0.2) is 19.1 Å². The molecule has 17 heavy (non-hydrogen) atoms. The van der Waals surface area contributed by atoms with Crippen LogP contribution in [0, 0.1) is 0 Å². The van der Waals surface area contributed by atoms with Crippen molar-refractivity contribution in [3.8, 4) is 5.75 Å². The lowest BCUT2D eigenvalue weighted by molar-refractivity contribution is -0.115. The molecule has 0 saturated heterocycles. The van der Waals surface area contributed by atoms with Crippen molar-refractivity contribution in [1.82, 2.24) is 0 Å². The molecule has 1 amide bonds. The van der Waals surface area contributed by atoms with Crippen molar-refractivity contribution < 1.29 is 18.3 Å². The minimum Gasteiger partial charge on any atom is -0.431 e. The van der Waals surface area contributed by atoms with Crippen molar-refractivity contribution in [2.45, 2.75) is 6.61 Å². The first-order chi connectivity index (χ1) is 7.93. The van der Waals surface area contributed by atoms with Gasteiger partial charge in [-0.2, -0.15) is 8.78 Å². The molecule has 0 aliphatic heterocycles. The van der Waals surface area contributed by atoms with Crippen LogP contribution in [0.25, 0.3) is 0 Å². The van der Waals surface area contributed by atoms with Crippen molar-refractivity contribution in [1.29, 1.82) is 0 Å². The lowest BCUT2D eigenvalue weighted by Crippen LogP contribution is -2.22. The number of rotatable bonds is 4. The molecule has 94 valence electrons. The zero-order chi connectivity index (χ0) is 13.0. The van der Waals surface area contributed by atoms with Gasteiger partial charge >= 0.3 is 6.61 Å². The molecule has 1 rings (SSSR count). The minimum atomic E-state index is -3.01. The van der Waals surface area contributed by atoms with Gasteiger partial charge in [0.05, 0.1) is 16.7 Å². The maximum atomic E-state index is 12.2. The molecule has 0 spiro atoms. The van der Waals surface area contributed by atoms with Crippen LogP contribution < -0.4 is 15.8 Å². The summed E-state index contributed by atoms with van der Waals surface area (Å²) in [6, 6.07) is 2.66. The Kier molecular flexibility index (Phi) is 5.10. The molecule has 0 aromatic heterocycles. The highest BCUT2D eigenvalue weighted by Gasteiger charge is 2.16. The zero-order valence-electron chi connectivity index (χ0n) is 8.34. The van der Waals surface area contributed by atoms with Crippen molar-refractivity contribution in [2.24, 2.45) is 5.73 Å². The summed E-state index contributed by atoms with van der Waals surface area (Å²) >= 11 is 8.74. The fraction of sp³-hybridized carbons (Fsp3) is 0.222. The Morgan fingerprint density at radius 3 is 2.76 bits per heavy atom. The molecule has 0 aliphatic rings. The molecular formula is C9H8BrClF2N2O2. The van der Waals surface area contributed by atoms with Crippen LogP contribution in [0.1, 0.15) is 0 Å². The van der Waals surface area contributed by atoms with Gasteiger partial charge in [-0.05, 0) is 28.1 Å². The lowest BCUT2D eigenvalue weighted by atomic mass is 10.3. The SMILES string of the molecule is NCC(=O)Nc1cc(Cl)cc(Br)c1OC(F)F. The van der Waals surface area contributed by atoms with Crippen molar-refractivity contribution >= 4 is 39.1 Å². The minimum absolute atomic E-state index is 0.0279. The lowest BCUT2D eigenvalue weighted by Gasteiger charge is -2.13. The molecule has 0 radical (unpaired) electrons. The number of anilines is 1. The van der Waals surface area contributed by atoms with Crippen LogP contribution in [0.5, 0.6) is 5.75 Å². The first kappa shape index (κ1) is 14.1. The van der Waals surface area contributed by atoms with E-state index in [2.05, 4.69) is 26.0 Å². The highest BCUT2D eigenvalue weighted by atomic mass is 79.9. The second-order valence-corrected chi connectivity index (χ2v) is 4.19. The average Bonchev–Trinajstić information content (AvgIpc) is 2.22. The van der Waals surface area contributed by atoms with E-state index < -0.39 is 12.5 Å². The van der Waals surface area contributed by atoms with Gasteiger partial charge in [0.2, 0.25) is 5.91 Å². The van der Waals surface area contributed by atoms with Crippen LogP contribution in [0.2, 0.25) is 5.02 Å². The molecular weight excluding hydrogens is 321 g/mol. The summed E-state index contributed by atoms with van der Waals surface area (Å²) in [5, 5.41) is 2.57. The summed E-state index contributed by atoms with van der Waals surface area (Å²) in [7, 11) is 0. The Balaban J connectivity index is 3.10. The first-order valence-electron chi connectivity index (χ1n) is 4.37. The van der Waals surface area contributed by atoms with E-state index in [0.29, 0.717) is 0 Å². The van der Waals surface area contributed by atoms with Gasteiger partial charge in [0.15, 0.2) is 5.75 Å². The number of carbonyl (C=O) groups excluding carboxylic acids is 1. The van der Waals surface area contributed by atoms with Gasteiger partial charge in [-0.25, -0.2) is 0 Å². The van der Waals surface area contributed by atoms with Crippen molar-refractivity contribution in [3.05, 3.63) is 21.6 Å². The number of nitrogens with two attached hydrogens (primary N) is 1. The number of ether oxygens (including phenoxy) is 1. The van der Waals surface area contributed by atoms with E-state index in [1.165, 1.54) is 12.1 Å². The maximum Gasteiger partial charge on any atom is 0.387 e. The van der Waals surface area contributed by atoms with Gasteiger partial charge in [-0.15, -0.1) is 0 Å². The van der Waals surface area contributed by atoms with Crippen LogP contribution >= 0.6 is 27.5 Å². The molecule has 0 atom stereocenters. The number of halogens is 4. The zero-order valence-corrected chi connectivity index (χ0v) is 10.7. The molecule has 0 fully saturated rings. The molecule has 0 unspecified atom stereocenters. The van der Waals surface area contributed by atoms with Crippen LogP contribution in [0.15, 0.2) is 16.6 Å². The van der Waals surface area contributed by atoms with Crippen LogP contribution in [-0.2, 0) is 4.79 Å². The Labute approximate surface area is 109 Å². The second kappa shape index (κ2) is 6.13. The molecule has 0 aliphatic carbocycles. The number of hydrogen-bond donors (Lipinski definition) is 2. The number of carbonyl (C=O) groups is 1. The van der Waals surface area contributed by atoms with Gasteiger partial charge in [0.1, 0.15) is 0 Å². The smallest absolute Gasteiger partial charge is 0.387 e. The largest absolute Gasteiger partial charge is 0.431 e. The normalized spacial score (nSPS) is 10.5. The topological polar surface area (TPSA) is 64.4 Å². The molecule has 0 bridgehead atoms. The molecule has 1 aromatic carbocycles. The maximum absolute atomic E-state index is 12.2. The van der Waals surface area contributed by atoms with Crippen LogP contribution in [0.3, 0.4) is 0 Å². The van der Waals surface area contributed by atoms with Gasteiger partial charge in [-0.1, -0.05) is 11.6 Å². The van der Waals surface area contributed by atoms with E-state index in [1.807, 2.05) is 0 Å². The van der Waals surface area contributed by atoms with E-state index in [-0.39, 0.29) is 27.5 Å². The van der Waals surface area contributed by atoms with E-state index >= 15 is 0 Å². The molecule has 0 saturated carbocycles. The predicted molar refractivity (Wildman–Crippen MR) is 63.5 cm³/mol. The van der Waals surface area contributed by atoms with Crippen molar-refractivity contribution in [2.75, 3.05) is 11.9 Å². The van der Waals surface area contributed by atoms with E-state index in [9.17, 15) is 13.6 Å². The van der Waals surface area contributed by atoms with Crippen LogP contribution in [0.4, 0.5) is 14.5 Å². The Morgan fingerprint density at radius 1 is 1.59 bits per heavy atom. The average molecular weight is 330 g/mol. The first-order valence-corrected chi connectivity index (χ1v) is 5.55. The number of amides is 1. The van der Waals surface area contributed by atoms with Crippen molar-refractivity contribution in [3.63, 3.8) is 0 Å². The highest BCUT2D eigenvalue weighted by molar-refractivity contribution is 9.10. The summed E-state index contributed by atoms with van der Waals surface area (Å²) in [5.74, 6) is -0.746. The fourth-order valence-electron chi connectivity index (χ4n) is 1.06. The molecule has 0 heterocycles. The third-order valence-corrected chi connectivity index (χ3v) is 2.48. The van der Waals surface area contributed by atoms with Gasteiger partial charge in [0.25, 0.3) is 0 Å². The summed E-state index contributed by atoms with van der Waals surface area (Å²) in [4.78, 5) is 11.1. The standard InChI is InChI=1S/C9H8BrClF2N2O2/c10-5-1-4(11)2-6(15-7(16)3-14)8(5)17-9(12)13/h1-2,9H,3,14H2,(H,15,16). The molecule has 4 nitrogen and oxygen atoms in total. The number of nitrogens with one attached hydrogen (secondary N) is 1. The number of benzene rings is 1. The summed E-state index contributed by atoms with van der Waals surface area (Å²) in [6.45, 7) is -3.29. The molecule has 1 aromatic rings. The fourth-order valence-corrected chi connectivity index (χ4v) is 1.97. The Hall–Kier alpha value is -0.920. The molecule has 3 N–H and O–H groups in total. The number of hydrogen-bond acceptors (Lipinski definition) is 3. The Bertz CT molecular complexity index is 432. The molecule has 8 heteroatoms. The third kappa shape index (κ3) is 4.10. The van der Waals surface area contributed by atoms with Gasteiger partial charge < -0.3 is 15.8 Å². The van der Waals surface area contributed by atoms with E-state index in [0.717, 1.165) is 0 Å². The van der Waals surface area contributed by atoms with Gasteiger partial charge in [0, 0.05) is 5.02 Å². The summed E-state index contributed by atoms with van der Waals surface area (Å²) in [6.07, 6.45) is 0. The third-order valence-electron chi connectivity index (χ3n) is 1.67. The summed E-state index contributed by atoms with van der Waals surface area (Å²) < 4.78 is 28.9. The van der Waals surface area contributed by atoms with E-state index in [4.69, 9.17) is 17.3 Å². The van der Waals surface area contributed by atoms with Gasteiger partial charge in [-0.3, -0.25) is 4.79 Å². The second-order valence-electron chi connectivity index (χ2n) is 2.90. The van der Waals surface area contributed by atoms with E-state index in [1.54, 1.807) is 0 Å². The summed E-state index contributed by atoms with van der Waals surface area (Å²) in [5.41, 5.74) is 5.13. The number of alkyl halides is 2. The Morgan fingerprint density at radius 2 is 2.24 bits per heavy atom. The highest BCUT2D eigenvalue weighted by Crippen LogP contribution is 2.37. The quantitative estimate of drug-likeness (QED) is 0.892. The predicted octanol–water partition coefficient (Wildman–Crippen LogP) is 2.60. The monoisotopic (exact) mass is 328 g/mol.